The molecule has 0 radical (unpaired) electrons. The number of hydrogen-bond acceptors (Lipinski definition) is 4. The van der Waals surface area contributed by atoms with E-state index in [-0.39, 0.29) is 52.2 Å². The van der Waals surface area contributed by atoms with Gasteiger partial charge in [0.15, 0.2) is 5.75 Å². The van der Waals surface area contributed by atoms with Crippen LogP contribution in [-0.2, 0) is 6.18 Å². The molecule has 0 spiro atoms. The number of carbonyl (C=O) groups is 1. The Hall–Kier alpha value is -1.84. The van der Waals surface area contributed by atoms with Gasteiger partial charge in [0.2, 0.25) is 0 Å². The van der Waals surface area contributed by atoms with Gasteiger partial charge in [0, 0.05) is 30.1 Å². The fourth-order valence-electron chi connectivity index (χ4n) is 4.35. The highest BCUT2D eigenvalue weighted by Crippen LogP contribution is 2.48. The summed E-state index contributed by atoms with van der Waals surface area (Å²) in [5.41, 5.74) is -0.930. The van der Waals surface area contributed by atoms with Gasteiger partial charge in [-0.05, 0) is 64.8 Å². The quantitative estimate of drug-likeness (QED) is 0.536. The number of aromatic hydroxyl groups is 1. The number of amides is 1. The number of likely N-dealkylation sites (tertiary alicyclic amines) is 1. The second kappa shape index (κ2) is 8.26. The number of hydrogen-bond donors (Lipinski definition) is 1. The zero-order valence-corrected chi connectivity index (χ0v) is 18.1. The van der Waals surface area contributed by atoms with E-state index in [9.17, 15) is 27.5 Å². The maximum atomic E-state index is 13.4. The summed E-state index contributed by atoms with van der Waals surface area (Å²) in [6.07, 6.45) is -3.45. The van der Waals surface area contributed by atoms with Gasteiger partial charge in [-0.15, -0.1) is 0 Å². The van der Waals surface area contributed by atoms with E-state index in [2.05, 4.69) is 0 Å². The Bertz CT molecular complexity index is 1020. The molecule has 1 N–H and O–H groups in total. The lowest BCUT2D eigenvalue weighted by molar-refractivity contribution is -0.138. The molecule has 0 aliphatic carbocycles. The number of nitrogens with zero attached hydrogens (tertiary/aromatic N) is 2. The molecule has 1 amide bonds. The molecule has 2 heterocycles. The lowest BCUT2D eigenvalue weighted by atomic mass is 10.1. The van der Waals surface area contributed by atoms with Gasteiger partial charge in [0.1, 0.15) is 11.4 Å². The number of halogens is 6. The minimum atomic E-state index is -4.74. The van der Waals surface area contributed by atoms with Gasteiger partial charge in [0.25, 0.3) is 5.91 Å². The van der Waals surface area contributed by atoms with Crippen LogP contribution in [-0.4, -0.2) is 41.1 Å². The smallest absolute Gasteiger partial charge is 0.420 e. The van der Waals surface area contributed by atoms with Crippen LogP contribution in [0.25, 0.3) is 0 Å². The van der Waals surface area contributed by atoms with Crippen molar-refractivity contribution in [2.75, 3.05) is 18.0 Å². The monoisotopic (exact) mass is 494 g/mol. The molecule has 0 saturated carbocycles. The van der Waals surface area contributed by atoms with Crippen LogP contribution in [0.4, 0.5) is 23.2 Å². The average Bonchev–Trinajstić information content (AvgIpc) is 2.95. The Morgan fingerprint density at radius 2 is 1.77 bits per heavy atom. The summed E-state index contributed by atoms with van der Waals surface area (Å²) < 4.78 is 53.6. The minimum Gasteiger partial charge on any atom is -0.505 e. The SMILES string of the molecule is O=C(c1ccc(F)cc1Cl)N1CC2CCC(C1)N2c1cc(SCl)cc(C(F)(F)F)c1O. The van der Waals surface area contributed by atoms with Crippen LogP contribution in [0, 0.1) is 5.82 Å². The van der Waals surface area contributed by atoms with Crippen molar-refractivity contribution in [2.45, 2.75) is 36.0 Å². The highest BCUT2D eigenvalue weighted by atomic mass is 35.7. The summed E-state index contributed by atoms with van der Waals surface area (Å²) in [6, 6.07) is 5.20. The Labute approximate surface area is 189 Å². The summed E-state index contributed by atoms with van der Waals surface area (Å²) >= 11 is 6.02. The topological polar surface area (TPSA) is 43.8 Å². The maximum Gasteiger partial charge on any atom is 0.420 e. The Balaban J connectivity index is 1.64. The molecule has 166 valence electrons. The average molecular weight is 495 g/mol. The molecule has 2 saturated heterocycles. The summed E-state index contributed by atoms with van der Waals surface area (Å²) in [7, 11) is 6.36. The van der Waals surface area contributed by atoms with Crippen molar-refractivity contribution in [3.8, 4) is 5.75 Å². The normalized spacial score (nSPS) is 21.0. The molecule has 2 aromatic carbocycles. The van der Waals surface area contributed by atoms with Gasteiger partial charge in [-0.25, -0.2) is 4.39 Å². The van der Waals surface area contributed by atoms with Gasteiger partial charge in [-0.3, -0.25) is 4.79 Å². The second-order valence-corrected chi connectivity index (χ2v) is 9.04. The first-order valence-corrected chi connectivity index (χ1v) is 11.4. The number of piperazine rings is 1. The third-order valence-electron chi connectivity index (χ3n) is 5.67. The van der Waals surface area contributed by atoms with E-state index in [4.69, 9.17) is 22.3 Å². The number of rotatable bonds is 3. The summed E-state index contributed by atoms with van der Waals surface area (Å²) in [6.45, 7) is 0.476. The molecule has 31 heavy (non-hydrogen) atoms. The van der Waals surface area contributed by atoms with E-state index in [0.29, 0.717) is 23.8 Å². The molecule has 2 fully saturated rings. The number of alkyl halides is 3. The van der Waals surface area contributed by atoms with Crippen LogP contribution >= 0.6 is 33.3 Å². The first-order chi connectivity index (χ1) is 14.6. The summed E-state index contributed by atoms with van der Waals surface area (Å²) in [5.74, 6) is -1.77. The lowest BCUT2D eigenvalue weighted by Gasteiger charge is -2.43. The zero-order valence-electron chi connectivity index (χ0n) is 15.8. The number of phenolic OH excluding ortho intramolecular Hbond substituents is 1. The summed E-state index contributed by atoms with van der Waals surface area (Å²) in [4.78, 5) is 16.4. The van der Waals surface area contributed by atoms with Crippen molar-refractivity contribution in [3.05, 3.63) is 52.3 Å². The number of anilines is 1. The molecule has 2 aliphatic rings. The van der Waals surface area contributed by atoms with Gasteiger partial charge in [0.05, 0.1) is 16.3 Å². The van der Waals surface area contributed by atoms with Crippen molar-refractivity contribution >= 4 is 44.9 Å². The molecule has 4 rings (SSSR count). The molecule has 11 heteroatoms. The van der Waals surface area contributed by atoms with E-state index in [1.807, 2.05) is 0 Å². The molecular formula is C20H16Cl2F4N2O2S. The number of benzene rings is 2. The van der Waals surface area contributed by atoms with Crippen molar-refractivity contribution in [3.63, 3.8) is 0 Å². The highest BCUT2D eigenvalue weighted by Gasteiger charge is 2.44. The molecule has 2 aliphatic heterocycles. The van der Waals surface area contributed by atoms with E-state index < -0.39 is 23.3 Å². The van der Waals surface area contributed by atoms with E-state index in [1.165, 1.54) is 12.1 Å². The van der Waals surface area contributed by atoms with Crippen LogP contribution in [0.2, 0.25) is 5.02 Å². The largest absolute Gasteiger partial charge is 0.505 e. The zero-order chi connectivity index (χ0) is 22.5. The van der Waals surface area contributed by atoms with E-state index in [0.717, 1.165) is 18.2 Å². The van der Waals surface area contributed by atoms with Crippen molar-refractivity contribution in [2.24, 2.45) is 0 Å². The third-order valence-corrected chi connectivity index (χ3v) is 6.93. The van der Waals surface area contributed by atoms with Crippen molar-refractivity contribution in [1.29, 1.82) is 0 Å². The number of phenols is 1. The predicted molar refractivity (Wildman–Crippen MR) is 111 cm³/mol. The van der Waals surface area contributed by atoms with E-state index in [1.54, 1.807) is 9.80 Å². The van der Waals surface area contributed by atoms with Gasteiger partial charge in [-0.1, -0.05) is 11.6 Å². The van der Waals surface area contributed by atoms with Gasteiger partial charge < -0.3 is 14.9 Å². The molecule has 2 aromatic rings. The molecule has 0 aromatic heterocycles. The number of fused-ring (bicyclic) bond motifs is 2. The maximum absolute atomic E-state index is 13.4. The molecular weight excluding hydrogens is 479 g/mol. The minimum absolute atomic E-state index is 0.000853. The number of carbonyl (C=O) groups excluding carboxylic acids is 1. The molecule has 2 atom stereocenters. The van der Waals surface area contributed by atoms with Crippen molar-refractivity contribution < 1.29 is 27.5 Å². The fourth-order valence-corrected chi connectivity index (χ4v) is 5.18. The first-order valence-electron chi connectivity index (χ1n) is 9.35. The molecule has 2 bridgehead atoms. The second-order valence-electron chi connectivity index (χ2n) is 7.54. The summed E-state index contributed by atoms with van der Waals surface area (Å²) in [5, 5.41) is 10.4. The Kier molecular flexibility index (Phi) is 5.95. The third kappa shape index (κ3) is 4.15. The lowest BCUT2D eigenvalue weighted by Crippen LogP contribution is -2.55. The van der Waals surface area contributed by atoms with Crippen LogP contribution < -0.4 is 4.90 Å². The standard InChI is InChI=1S/C20H16Cl2F4N2O2S/c21-16-5-10(23)1-4-14(16)19(30)27-8-11-2-3-12(9-27)28(11)17-7-13(31-22)6-15(18(17)29)20(24,25)26/h1,4-7,11-12,29H,2-3,8-9H2. The first kappa shape index (κ1) is 22.4. The molecule has 2 unspecified atom stereocenters. The van der Waals surface area contributed by atoms with Gasteiger partial charge >= 0.3 is 6.18 Å². The van der Waals surface area contributed by atoms with Crippen molar-refractivity contribution in [1.82, 2.24) is 4.90 Å². The predicted octanol–water partition coefficient (Wildman–Crippen LogP) is 5.94. The van der Waals surface area contributed by atoms with Crippen LogP contribution in [0.1, 0.15) is 28.8 Å². The highest BCUT2D eigenvalue weighted by molar-refractivity contribution is 8.21. The van der Waals surface area contributed by atoms with Crippen LogP contribution in [0.3, 0.4) is 0 Å². The molecule has 4 nitrogen and oxygen atoms in total. The van der Waals surface area contributed by atoms with E-state index >= 15 is 0 Å². The van der Waals surface area contributed by atoms with Gasteiger partial charge in [-0.2, -0.15) is 13.2 Å². The van der Waals surface area contributed by atoms with Crippen LogP contribution in [0.15, 0.2) is 35.2 Å². The Morgan fingerprint density at radius 1 is 1.13 bits per heavy atom. The fraction of sp³-hybridized carbons (Fsp3) is 0.350. The van der Waals surface area contributed by atoms with Crippen LogP contribution in [0.5, 0.6) is 5.75 Å². The Morgan fingerprint density at radius 3 is 2.32 bits per heavy atom.